The van der Waals surface area contributed by atoms with Crippen LogP contribution in [0, 0.1) is 5.53 Å². The summed E-state index contributed by atoms with van der Waals surface area (Å²) in [6.07, 6.45) is 0. The molecule has 0 unspecified atom stereocenters. The molecule has 1 N–H and O–H groups in total. The molecule has 0 aromatic heterocycles. The van der Waals surface area contributed by atoms with Gasteiger partial charge in [-0.15, -0.1) is 8.67 Å². The zero-order valence-corrected chi connectivity index (χ0v) is 19.0. The molecule has 0 rings (SSSR count). The third kappa shape index (κ3) is 30.4. The first-order chi connectivity index (χ1) is 19.8. The molecule has 0 fully saturated rings. The Labute approximate surface area is 220 Å². The lowest BCUT2D eigenvalue weighted by Gasteiger charge is -2.07. The highest BCUT2D eigenvalue weighted by Crippen LogP contribution is 2.01. The lowest BCUT2D eigenvalue weighted by Crippen LogP contribution is -2.19. The smallest absolute Gasteiger partial charge is 0.0559 e. The molecule has 0 saturated carbocycles. The molecular formula is H3N19O19S2. The highest BCUT2D eigenvalue weighted by atomic mass is 32.1. The van der Waals surface area contributed by atoms with Crippen molar-refractivity contribution < 1.29 is 94.2 Å². The number of thiol groups is 2. The van der Waals surface area contributed by atoms with Gasteiger partial charge in [0.05, 0.1) is 5.34 Å². The molecule has 0 bridgehead atoms. The molecule has 40 heavy (non-hydrogen) atoms. The van der Waals surface area contributed by atoms with Gasteiger partial charge in [0.2, 0.25) is 0 Å². The standard InChI is InChI=1S/H3N19O19S2/c1-2-3-4-5-6-7-8-9-10-11-12-13-14-15-16-17-18-19(21-23-25-27-29-31-33-35-37-39)20-22-24-26-28-30-32-34-36-38-40/h1,39-40H/b2-1?,4-3+,6-5+,8-7+,10-9+,12-11+,14-13+,16-15+,18-17+. The molecule has 0 amide bonds. The SMILES string of the molecule is N=N/N=N/N=N/N=N/N=N/N=N/N=N/N=N/N=N/N(OOOOOOOOOS)OOOOOOOOOOS. The minimum absolute atomic E-state index is 0.279. The number of nitrogens with one attached hydrogen (secondary N) is 1. The molecule has 0 heterocycles. The Balaban J connectivity index is 4.35. The molecule has 40 heteroatoms. The summed E-state index contributed by atoms with van der Waals surface area (Å²) in [4.78, 5) is 8.09. The Hall–Kier alpha value is -3.86. The van der Waals surface area contributed by atoms with Crippen LogP contribution in [0.2, 0.25) is 0 Å². The van der Waals surface area contributed by atoms with Crippen LogP contribution in [-0.4, -0.2) is 5.34 Å². The van der Waals surface area contributed by atoms with Crippen molar-refractivity contribution in [3.05, 3.63) is 0 Å². The van der Waals surface area contributed by atoms with E-state index in [0.29, 0.717) is 0 Å². The van der Waals surface area contributed by atoms with Gasteiger partial charge >= 0.3 is 0 Å². The Bertz CT molecular complexity index is 798. The summed E-state index contributed by atoms with van der Waals surface area (Å²) in [6.45, 7) is 0. The van der Waals surface area contributed by atoms with Gasteiger partial charge in [0.25, 0.3) is 0 Å². The second-order valence-corrected chi connectivity index (χ2v) is 3.39. The topological polar surface area (TPSA) is 413 Å². The molecule has 0 radical (unpaired) electrons. The average molecular weight is 637 g/mol. The van der Waals surface area contributed by atoms with Crippen LogP contribution >= 0.6 is 25.8 Å². The van der Waals surface area contributed by atoms with Crippen LogP contribution in [0.4, 0.5) is 0 Å². The van der Waals surface area contributed by atoms with Crippen LogP contribution in [-0.2, 0) is 94.2 Å². The lowest BCUT2D eigenvalue weighted by molar-refractivity contribution is -0.866. The second kappa shape index (κ2) is 33.2. The predicted octanol–water partition coefficient (Wildman–Crippen LogP) is 2.56. The first-order valence-electron chi connectivity index (χ1n) is 7.19. The van der Waals surface area contributed by atoms with Crippen molar-refractivity contribution in [2.75, 3.05) is 0 Å². The fourth-order valence-corrected chi connectivity index (χ4v) is 0.622. The number of rotatable bonds is 28. The normalized spacial score (nSPS) is 12.9. The van der Waals surface area contributed by atoms with Gasteiger partial charge in [-0.25, -0.2) is 0 Å². The van der Waals surface area contributed by atoms with Crippen LogP contribution in [0.15, 0.2) is 88.8 Å². The van der Waals surface area contributed by atoms with E-state index < -0.39 is 0 Å². The van der Waals surface area contributed by atoms with Crippen LogP contribution in [0.1, 0.15) is 0 Å². The predicted molar refractivity (Wildman–Crippen MR) is 84.4 cm³/mol. The maximum Gasteiger partial charge on any atom is 0.0559 e. The summed E-state index contributed by atoms with van der Waals surface area (Å²) in [5.74, 6) is 0. The van der Waals surface area contributed by atoms with Crippen molar-refractivity contribution in [3.8, 4) is 0 Å². The van der Waals surface area contributed by atoms with Gasteiger partial charge in [0, 0.05) is 72.8 Å². The van der Waals surface area contributed by atoms with E-state index in [2.05, 4.69) is 209 Å². The van der Waals surface area contributed by atoms with E-state index in [-0.39, 0.29) is 5.34 Å². The Morgan fingerprint density at radius 1 is 0.350 bits per heavy atom. The maximum absolute atomic E-state index is 6.24. The molecule has 0 aromatic rings. The van der Waals surface area contributed by atoms with Gasteiger partial charge in [0.15, 0.2) is 0 Å². The Kier molecular flexibility index (Phi) is 30.0. The molecule has 0 aliphatic carbocycles. The van der Waals surface area contributed by atoms with Crippen LogP contribution < -0.4 is 0 Å². The molecule has 38 nitrogen and oxygen atoms in total. The van der Waals surface area contributed by atoms with E-state index in [1.54, 1.807) is 0 Å². The highest BCUT2D eigenvalue weighted by molar-refractivity contribution is 7.75. The molecule has 0 spiro atoms. The fourth-order valence-electron chi connectivity index (χ4n) is 0.572. The summed E-state index contributed by atoms with van der Waals surface area (Å²) in [5.41, 5.74) is 6.24. The summed E-state index contributed by atoms with van der Waals surface area (Å²) < 4.78 is 7.22. The summed E-state index contributed by atoms with van der Waals surface area (Å²) in [5, 5.41) is 103. The second-order valence-electron chi connectivity index (χ2n) is 3.09. The Morgan fingerprint density at radius 3 is 0.950 bits per heavy atom. The lowest BCUT2D eigenvalue weighted by atomic mass is 12.3. The molecule has 0 aliphatic rings. The van der Waals surface area contributed by atoms with E-state index in [9.17, 15) is 0 Å². The monoisotopic (exact) mass is 637 g/mol. The van der Waals surface area contributed by atoms with Gasteiger partial charge in [-0.05, 0) is 127 Å². The van der Waals surface area contributed by atoms with E-state index in [4.69, 9.17) is 5.53 Å². The fraction of sp³-hybridized carbons (Fsp3) is 0. The summed E-state index contributed by atoms with van der Waals surface area (Å²) in [6, 6.07) is 0. The highest BCUT2D eigenvalue weighted by Gasteiger charge is 2.10. The van der Waals surface area contributed by atoms with Gasteiger partial charge in [0.1, 0.15) is 0 Å². The van der Waals surface area contributed by atoms with Crippen molar-refractivity contribution >= 4 is 25.8 Å². The third-order valence-corrected chi connectivity index (χ3v) is 1.45. The van der Waals surface area contributed by atoms with E-state index in [1.807, 2.05) is 0 Å². The van der Waals surface area contributed by atoms with Crippen molar-refractivity contribution in [2.24, 2.45) is 88.8 Å². The first kappa shape index (κ1) is 36.1. The van der Waals surface area contributed by atoms with Crippen LogP contribution in [0.5, 0.6) is 0 Å². The largest absolute Gasteiger partial charge is 0.183 e. The van der Waals surface area contributed by atoms with E-state index in [1.165, 1.54) is 0 Å². The molecule has 224 valence electrons. The van der Waals surface area contributed by atoms with Gasteiger partial charge in [-0.2, -0.15) is 5.53 Å². The van der Waals surface area contributed by atoms with Crippen molar-refractivity contribution in [2.45, 2.75) is 0 Å². The van der Waals surface area contributed by atoms with Gasteiger partial charge in [-0.1, -0.05) is 0 Å². The Morgan fingerprint density at radius 2 is 0.625 bits per heavy atom. The molecular weight excluding hydrogens is 634 g/mol. The number of hydrogen-bond donors (Lipinski definition) is 3. The minimum Gasteiger partial charge on any atom is -0.183 e. The van der Waals surface area contributed by atoms with Crippen molar-refractivity contribution in [1.82, 2.24) is 5.34 Å². The van der Waals surface area contributed by atoms with Gasteiger partial charge < -0.3 is 0 Å². The average Bonchev–Trinajstić information content (AvgIpc) is 2.97. The molecule has 0 saturated heterocycles. The molecule has 0 atom stereocenters. The zero-order chi connectivity index (χ0) is 29.0. The number of nitrogens with zero attached hydrogens (tertiary/aromatic N) is 18. The third-order valence-electron chi connectivity index (χ3n) is 1.33. The quantitative estimate of drug-likeness (QED) is 0.0277. The van der Waals surface area contributed by atoms with Crippen LogP contribution in [0.3, 0.4) is 0 Å². The maximum atomic E-state index is 6.24. The molecule has 0 aliphatic heterocycles. The molecule has 0 aromatic carbocycles. The summed E-state index contributed by atoms with van der Waals surface area (Å²) >= 11 is 6.15. The van der Waals surface area contributed by atoms with E-state index >= 15 is 0 Å². The van der Waals surface area contributed by atoms with E-state index in [0.717, 1.165) is 0 Å². The van der Waals surface area contributed by atoms with Crippen molar-refractivity contribution in [1.29, 1.82) is 5.53 Å². The van der Waals surface area contributed by atoms with Crippen LogP contribution in [0.25, 0.3) is 0 Å². The number of hydrogen-bond acceptors (Lipinski definition) is 23. The summed E-state index contributed by atoms with van der Waals surface area (Å²) in [7, 11) is 0. The zero-order valence-electron chi connectivity index (χ0n) is 17.2. The minimum atomic E-state index is -0.279. The van der Waals surface area contributed by atoms with Crippen molar-refractivity contribution in [3.63, 3.8) is 0 Å². The first-order valence-corrected chi connectivity index (χ1v) is 7.92. The van der Waals surface area contributed by atoms with Gasteiger partial charge in [-0.3, -0.25) is 0 Å².